The molecule has 0 radical (unpaired) electrons. The van der Waals surface area contributed by atoms with Gasteiger partial charge in [-0.3, -0.25) is 4.79 Å². The van der Waals surface area contributed by atoms with Crippen molar-refractivity contribution < 1.29 is 14.3 Å². The molecule has 0 saturated carbocycles. The van der Waals surface area contributed by atoms with E-state index in [1.54, 1.807) is 23.7 Å². The average Bonchev–Trinajstić information content (AvgIpc) is 2.99. The van der Waals surface area contributed by atoms with Gasteiger partial charge in [-0.05, 0) is 38.5 Å². The van der Waals surface area contributed by atoms with Gasteiger partial charge in [0.1, 0.15) is 5.00 Å². The highest BCUT2D eigenvalue weighted by atomic mass is 35.5. The van der Waals surface area contributed by atoms with Gasteiger partial charge >= 0.3 is 5.97 Å². The van der Waals surface area contributed by atoms with Crippen LogP contribution in [0.1, 0.15) is 29.9 Å². The van der Waals surface area contributed by atoms with Crippen LogP contribution in [0.15, 0.2) is 23.7 Å². The van der Waals surface area contributed by atoms with E-state index in [4.69, 9.17) is 16.3 Å². The summed E-state index contributed by atoms with van der Waals surface area (Å²) < 4.78 is 5.21. The number of hydrogen-bond acceptors (Lipinski definition) is 6. The summed E-state index contributed by atoms with van der Waals surface area (Å²) in [6, 6.07) is 5.18. The summed E-state index contributed by atoms with van der Waals surface area (Å²) in [6.07, 6.45) is -0.966. The zero-order valence-corrected chi connectivity index (χ0v) is 15.1. The maximum Gasteiger partial charge on any atom is 0.360 e. The molecule has 0 aliphatic heterocycles. The van der Waals surface area contributed by atoms with Gasteiger partial charge < -0.3 is 15.4 Å². The molecule has 0 spiro atoms. The molecule has 0 fully saturated rings. The highest BCUT2D eigenvalue weighted by molar-refractivity contribution is 7.14. The molecule has 2 aromatic rings. The standard InChI is InChI=1S/C16H18ClN3O3S/c1-4-18-15-13(19-8-24-15)16(22)23-10(3)14(21)20-12-7-11(17)6-5-9(12)2/h5-8,10,18H,4H2,1-3H3,(H,20,21)/t10-/m1/s1. The molecule has 1 aromatic carbocycles. The third kappa shape index (κ3) is 4.46. The monoisotopic (exact) mass is 367 g/mol. The number of benzene rings is 1. The summed E-state index contributed by atoms with van der Waals surface area (Å²) in [5, 5.41) is 6.88. The van der Waals surface area contributed by atoms with Crippen LogP contribution in [0.3, 0.4) is 0 Å². The van der Waals surface area contributed by atoms with Gasteiger partial charge in [0.2, 0.25) is 0 Å². The number of nitrogens with one attached hydrogen (secondary N) is 2. The van der Waals surface area contributed by atoms with E-state index in [9.17, 15) is 9.59 Å². The van der Waals surface area contributed by atoms with Gasteiger partial charge in [-0.2, -0.15) is 0 Å². The minimum atomic E-state index is -0.966. The van der Waals surface area contributed by atoms with Gasteiger partial charge in [0.15, 0.2) is 11.8 Å². The lowest BCUT2D eigenvalue weighted by Gasteiger charge is -2.14. The second-order valence-electron chi connectivity index (χ2n) is 5.06. The SMILES string of the molecule is CCNc1scnc1C(=O)O[C@H](C)C(=O)Nc1cc(Cl)ccc1C. The van der Waals surface area contributed by atoms with Crippen LogP contribution in [0.5, 0.6) is 0 Å². The van der Waals surface area contributed by atoms with Crippen molar-refractivity contribution in [2.24, 2.45) is 0 Å². The molecule has 0 aliphatic carbocycles. The lowest BCUT2D eigenvalue weighted by molar-refractivity contribution is -0.123. The van der Waals surface area contributed by atoms with Crippen LogP contribution in [0.4, 0.5) is 10.7 Å². The first kappa shape index (κ1) is 18.2. The van der Waals surface area contributed by atoms with Gasteiger partial charge in [-0.25, -0.2) is 9.78 Å². The third-order valence-corrected chi connectivity index (χ3v) is 4.23. The first-order valence-electron chi connectivity index (χ1n) is 7.37. The lowest BCUT2D eigenvalue weighted by Crippen LogP contribution is -2.30. The Hall–Kier alpha value is -2.12. The molecule has 0 unspecified atom stereocenters. The van der Waals surface area contributed by atoms with Crippen LogP contribution in [0, 0.1) is 6.92 Å². The molecule has 2 rings (SSSR count). The number of nitrogens with zero attached hydrogens (tertiary/aromatic N) is 1. The Bertz CT molecular complexity index is 748. The Labute approximate surface area is 149 Å². The fraction of sp³-hybridized carbons (Fsp3) is 0.312. The Kier molecular flexibility index (Phi) is 6.16. The van der Waals surface area contributed by atoms with E-state index < -0.39 is 18.0 Å². The third-order valence-electron chi connectivity index (χ3n) is 3.21. The van der Waals surface area contributed by atoms with Crippen molar-refractivity contribution in [2.75, 3.05) is 17.2 Å². The van der Waals surface area contributed by atoms with Crippen LogP contribution in [-0.2, 0) is 9.53 Å². The summed E-state index contributed by atoms with van der Waals surface area (Å²) in [6.45, 7) is 5.93. The number of carbonyl (C=O) groups excluding carboxylic acids is 2. The summed E-state index contributed by atoms with van der Waals surface area (Å²) in [5.74, 6) is -1.08. The topological polar surface area (TPSA) is 80.3 Å². The molecule has 1 heterocycles. The molecule has 0 aliphatic rings. The fourth-order valence-corrected chi connectivity index (χ4v) is 2.82. The molecule has 0 bridgehead atoms. The van der Waals surface area contributed by atoms with E-state index in [2.05, 4.69) is 15.6 Å². The Morgan fingerprint density at radius 1 is 1.42 bits per heavy atom. The van der Waals surface area contributed by atoms with E-state index in [1.807, 2.05) is 13.8 Å². The number of carbonyl (C=O) groups is 2. The summed E-state index contributed by atoms with van der Waals surface area (Å²) >= 11 is 7.23. The molecule has 1 atom stereocenters. The number of rotatable bonds is 6. The summed E-state index contributed by atoms with van der Waals surface area (Å²) in [5.41, 5.74) is 3.17. The zero-order valence-electron chi connectivity index (χ0n) is 13.6. The molecule has 2 N–H and O–H groups in total. The van der Waals surface area contributed by atoms with Crippen molar-refractivity contribution >= 4 is 45.5 Å². The van der Waals surface area contributed by atoms with Gasteiger partial charge in [0.25, 0.3) is 5.91 Å². The van der Waals surface area contributed by atoms with Gasteiger partial charge in [-0.15, -0.1) is 11.3 Å². The second kappa shape index (κ2) is 8.12. The van der Waals surface area contributed by atoms with E-state index in [-0.39, 0.29) is 5.69 Å². The highest BCUT2D eigenvalue weighted by Gasteiger charge is 2.23. The molecule has 1 aromatic heterocycles. The van der Waals surface area contributed by atoms with Crippen LogP contribution in [0.2, 0.25) is 5.02 Å². The van der Waals surface area contributed by atoms with Crippen molar-refractivity contribution in [3.63, 3.8) is 0 Å². The van der Waals surface area contributed by atoms with Gasteiger partial charge in [0.05, 0.1) is 5.51 Å². The lowest BCUT2D eigenvalue weighted by atomic mass is 10.2. The Morgan fingerprint density at radius 2 is 2.17 bits per heavy atom. The van der Waals surface area contributed by atoms with Crippen molar-refractivity contribution in [1.29, 1.82) is 0 Å². The number of anilines is 2. The molecule has 24 heavy (non-hydrogen) atoms. The number of aryl methyl sites for hydroxylation is 1. The number of ether oxygens (including phenoxy) is 1. The van der Waals surface area contributed by atoms with Crippen LogP contribution < -0.4 is 10.6 Å². The van der Waals surface area contributed by atoms with Crippen molar-refractivity contribution in [3.05, 3.63) is 40.0 Å². The summed E-state index contributed by atoms with van der Waals surface area (Å²) in [7, 11) is 0. The molecule has 6 nitrogen and oxygen atoms in total. The summed E-state index contributed by atoms with van der Waals surface area (Å²) in [4.78, 5) is 28.4. The minimum Gasteiger partial charge on any atom is -0.448 e. The fourth-order valence-electron chi connectivity index (χ4n) is 1.91. The second-order valence-corrected chi connectivity index (χ2v) is 6.35. The van der Waals surface area contributed by atoms with Crippen LogP contribution >= 0.6 is 22.9 Å². The Balaban J connectivity index is 2.02. The molecule has 8 heteroatoms. The first-order valence-corrected chi connectivity index (χ1v) is 8.63. The largest absolute Gasteiger partial charge is 0.448 e. The number of esters is 1. The molecule has 0 saturated heterocycles. The van der Waals surface area contributed by atoms with Gasteiger partial charge in [0, 0.05) is 17.3 Å². The van der Waals surface area contributed by atoms with Crippen molar-refractivity contribution in [2.45, 2.75) is 26.9 Å². The highest BCUT2D eigenvalue weighted by Crippen LogP contribution is 2.22. The molecular formula is C16H18ClN3O3S. The molecule has 128 valence electrons. The number of hydrogen-bond donors (Lipinski definition) is 2. The predicted molar refractivity (Wildman–Crippen MR) is 96.0 cm³/mol. The van der Waals surface area contributed by atoms with Crippen molar-refractivity contribution in [3.8, 4) is 0 Å². The quantitative estimate of drug-likeness (QED) is 0.760. The maximum atomic E-state index is 12.2. The van der Waals surface area contributed by atoms with E-state index in [1.165, 1.54) is 18.3 Å². The number of amides is 1. The van der Waals surface area contributed by atoms with E-state index in [0.717, 1.165) is 5.56 Å². The zero-order chi connectivity index (χ0) is 17.7. The van der Waals surface area contributed by atoms with E-state index in [0.29, 0.717) is 22.3 Å². The predicted octanol–water partition coefficient (Wildman–Crippen LogP) is 3.72. The smallest absolute Gasteiger partial charge is 0.360 e. The normalized spacial score (nSPS) is 11.7. The molecule has 1 amide bonds. The first-order chi connectivity index (χ1) is 11.4. The number of aromatic nitrogens is 1. The van der Waals surface area contributed by atoms with Crippen molar-refractivity contribution in [1.82, 2.24) is 4.98 Å². The molecular weight excluding hydrogens is 350 g/mol. The Morgan fingerprint density at radius 3 is 2.88 bits per heavy atom. The maximum absolute atomic E-state index is 12.2. The van der Waals surface area contributed by atoms with Crippen LogP contribution in [0.25, 0.3) is 0 Å². The van der Waals surface area contributed by atoms with Gasteiger partial charge in [-0.1, -0.05) is 17.7 Å². The minimum absolute atomic E-state index is 0.181. The number of thiazole rings is 1. The average molecular weight is 368 g/mol. The van der Waals surface area contributed by atoms with E-state index >= 15 is 0 Å². The number of halogens is 1. The van der Waals surface area contributed by atoms with Crippen LogP contribution in [-0.4, -0.2) is 29.5 Å².